The lowest BCUT2D eigenvalue weighted by molar-refractivity contribution is 0.0525. The molecule has 1 saturated heterocycles. The summed E-state index contributed by atoms with van der Waals surface area (Å²) in [6.07, 6.45) is 1.52. The monoisotopic (exact) mass is 358 g/mol. The fraction of sp³-hybridized carbons (Fsp3) is 0.444. The molecular weight excluding hydrogens is 336 g/mol. The summed E-state index contributed by atoms with van der Waals surface area (Å²) >= 11 is 0. The van der Waals surface area contributed by atoms with Gasteiger partial charge in [-0.15, -0.1) is 0 Å². The first-order valence-electron chi connectivity index (χ1n) is 8.61. The number of hydrogen-bond donors (Lipinski definition) is 0. The molecule has 3 heterocycles. The van der Waals surface area contributed by atoms with Crippen molar-refractivity contribution in [2.45, 2.75) is 20.8 Å². The van der Waals surface area contributed by atoms with Crippen LogP contribution in [0.25, 0.3) is 0 Å². The molecule has 3 rings (SSSR count). The van der Waals surface area contributed by atoms with Gasteiger partial charge in [-0.25, -0.2) is 9.78 Å². The summed E-state index contributed by atoms with van der Waals surface area (Å²) in [4.78, 5) is 32.6. The standard InChI is InChI=1S/C18H22N4O4/c1-4-25-18(24)14-5-6-15(19-11-14)21-7-9-22(10-8-21)17(23)16-12(2)20-26-13(16)3/h5-6,11H,4,7-10H2,1-3H3. The summed E-state index contributed by atoms with van der Waals surface area (Å²) in [7, 11) is 0. The van der Waals surface area contributed by atoms with Crippen LogP contribution in [0.2, 0.25) is 0 Å². The fourth-order valence-corrected chi connectivity index (χ4v) is 2.99. The molecule has 1 amide bonds. The molecule has 0 saturated carbocycles. The second kappa shape index (κ2) is 7.55. The molecule has 0 spiro atoms. The molecule has 138 valence electrons. The summed E-state index contributed by atoms with van der Waals surface area (Å²) in [5, 5.41) is 3.85. The number of carbonyl (C=O) groups is 2. The number of aromatic nitrogens is 2. The van der Waals surface area contributed by atoms with Crippen molar-refractivity contribution in [2.24, 2.45) is 0 Å². The lowest BCUT2D eigenvalue weighted by Gasteiger charge is -2.35. The van der Waals surface area contributed by atoms with Crippen LogP contribution in [-0.2, 0) is 4.74 Å². The topological polar surface area (TPSA) is 88.8 Å². The van der Waals surface area contributed by atoms with E-state index >= 15 is 0 Å². The van der Waals surface area contributed by atoms with Crippen LogP contribution < -0.4 is 4.90 Å². The summed E-state index contributed by atoms with van der Waals surface area (Å²) in [6.45, 7) is 8.13. The van der Waals surface area contributed by atoms with E-state index in [1.165, 1.54) is 6.20 Å². The predicted molar refractivity (Wildman–Crippen MR) is 94.3 cm³/mol. The molecule has 0 unspecified atom stereocenters. The lowest BCUT2D eigenvalue weighted by atomic mass is 10.1. The zero-order valence-corrected chi connectivity index (χ0v) is 15.2. The van der Waals surface area contributed by atoms with Crippen molar-refractivity contribution in [3.05, 3.63) is 40.9 Å². The van der Waals surface area contributed by atoms with Crippen LogP contribution in [0.5, 0.6) is 0 Å². The summed E-state index contributed by atoms with van der Waals surface area (Å²) in [6, 6.07) is 3.51. The third kappa shape index (κ3) is 3.54. The van der Waals surface area contributed by atoms with Gasteiger partial charge in [-0.1, -0.05) is 5.16 Å². The SMILES string of the molecule is CCOC(=O)c1ccc(N2CCN(C(=O)c3c(C)noc3C)CC2)nc1. The van der Waals surface area contributed by atoms with Crippen molar-refractivity contribution in [3.8, 4) is 0 Å². The molecule has 1 fully saturated rings. The van der Waals surface area contributed by atoms with E-state index in [2.05, 4.69) is 15.0 Å². The Morgan fingerprint density at radius 3 is 2.46 bits per heavy atom. The smallest absolute Gasteiger partial charge is 0.339 e. The van der Waals surface area contributed by atoms with Gasteiger partial charge in [0.15, 0.2) is 0 Å². The van der Waals surface area contributed by atoms with Crippen molar-refractivity contribution < 1.29 is 18.8 Å². The van der Waals surface area contributed by atoms with E-state index < -0.39 is 0 Å². The van der Waals surface area contributed by atoms with Crippen LogP contribution in [0.1, 0.15) is 39.1 Å². The van der Waals surface area contributed by atoms with E-state index in [9.17, 15) is 9.59 Å². The third-order valence-corrected chi connectivity index (χ3v) is 4.40. The molecule has 0 radical (unpaired) electrons. The van der Waals surface area contributed by atoms with Gasteiger partial charge >= 0.3 is 5.97 Å². The van der Waals surface area contributed by atoms with Gasteiger partial charge in [-0.3, -0.25) is 4.79 Å². The minimum absolute atomic E-state index is 0.0495. The summed E-state index contributed by atoms with van der Waals surface area (Å²) in [5.41, 5.74) is 1.60. The molecule has 0 bridgehead atoms. The van der Waals surface area contributed by atoms with Crippen molar-refractivity contribution in [3.63, 3.8) is 0 Å². The van der Waals surface area contributed by atoms with E-state index in [4.69, 9.17) is 9.26 Å². The zero-order chi connectivity index (χ0) is 18.7. The minimum Gasteiger partial charge on any atom is -0.462 e. The van der Waals surface area contributed by atoms with Crippen LogP contribution in [0.15, 0.2) is 22.9 Å². The Morgan fingerprint density at radius 2 is 1.92 bits per heavy atom. The van der Waals surface area contributed by atoms with Crippen molar-refractivity contribution in [1.29, 1.82) is 0 Å². The number of piperazine rings is 1. The Hall–Kier alpha value is -2.90. The maximum atomic E-state index is 12.7. The summed E-state index contributed by atoms with van der Waals surface area (Å²) in [5.74, 6) is 0.904. The van der Waals surface area contributed by atoms with Crippen LogP contribution in [0.3, 0.4) is 0 Å². The molecule has 1 aliphatic rings. The van der Waals surface area contributed by atoms with E-state index in [0.717, 1.165) is 5.82 Å². The Balaban J connectivity index is 1.62. The molecule has 0 aromatic carbocycles. The zero-order valence-electron chi connectivity index (χ0n) is 15.2. The lowest BCUT2D eigenvalue weighted by Crippen LogP contribution is -2.49. The largest absolute Gasteiger partial charge is 0.462 e. The highest BCUT2D eigenvalue weighted by Crippen LogP contribution is 2.19. The first kappa shape index (κ1) is 17.9. The fourth-order valence-electron chi connectivity index (χ4n) is 2.99. The normalized spacial score (nSPS) is 14.4. The number of esters is 1. The molecule has 0 aliphatic carbocycles. The minimum atomic E-state index is -0.374. The van der Waals surface area contributed by atoms with Crippen LogP contribution in [0.4, 0.5) is 5.82 Å². The van der Waals surface area contributed by atoms with Gasteiger partial charge < -0.3 is 19.1 Å². The molecule has 0 atom stereocenters. The molecular formula is C18H22N4O4. The average Bonchev–Trinajstić information content (AvgIpc) is 3.00. The number of aryl methyl sites for hydroxylation is 2. The maximum absolute atomic E-state index is 12.7. The van der Waals surface area contributed by atoms with Gasteiger partial charge in [0.05, 0.1) is 17.9 Å². The van der Waals surface area contributed by atoms with E-state index in [-0.39, 0.29) is 11.9 Å². The molecule has 0 N–H and O–H groups in total. The number of amides is 1. The van der Waals surface area contributed by atoms with Gasteiger partial charge in [-0.05, 0) is 32.9 Å². The first-order valence-corrected chi connectivity index (χ1v) is 8.61. The van der Waals surface area contributed by atoms with E-state index in [0.29, 0.717) is 55.4 Å². The highest BCUT2D eigenvalue weighted by Gasteiger charge is 2.27. The van der Waals surface area contributed by atoms with E-state index in [1.54, 1.807) is 37.8 Å². The Labute approximate surface area is 151 Å². The maximum Gasteiger partial charge on any atom is 0.339 e. The third-order valence-electron chi connectivity index (χ3n) is 4.40. The van der Waals surface area contributed by atoms with Gasteiger partial charge in [0.25, 0.3) is 5.91 Å². The predicted octanol–water partition coefficient (Wildman–Crippen LogP) is 1.83. The number of hydrogen-bond acceptors (Lipinski definition) is 7. The number of carbonyl (C=O) groups excluding carboxylic acids is 2. The Morgan fingerprint density at radius 1 is 1.19 bits per heavy atom. The second-order valence-corrected chi connectivity index (χ2v) is 6.10. The van der Waals surface area contributed by atoms with Gasteiger partial charge in [0, 0.05) is 32.4 Å². The number of ether oxygens (including phenoxy) is 1. The van der Waals surface area contributed by atoms with Crippen molar-refractivity contribution in [1.82, 2.24) is 15.0 Å². The van der Waals surface area contributed by atoms with Crippen LogP contribution in [-0.4, -0.2) is 59.7 Å². The first-order chi connectivity index (χ1) is 12.5. The number of pyridine rings is 1. The Kier molecular flexibility index (Phi) is 5.20. The molecule has 8 heteroatoms. The van der Waals surface area contributed by atoms with Crippen molar-refractivity contribution >= 4 is 17.7 Å². The van der Waals surface area contributed by atoms with Gasteiger partial charge in [0.2, 0.25) is 0 Å². The Bertz CT molecular complexity index is 773. The van der Waals surface area contributed by atoms with E-state index in [1.807, 2.05) is 0 Å². The highest BCUT2D eigenvalue weighted by molar-refractivity contribution is 5.96. The summed E-state index contributed by atoms with van der Waals surface area (Å²) < 4.78 is 10.0. The highest BCUT2D eigenvalue weighted by atomic mass is 16.5. The molecule has 1 aliphatic heterocycles. The molecule has 8 nitrogen and oxygen atoms in total. The van der Waals surface area contributed by atoms with Crippen LogP contribution in [0, 0.1) is 13.8 Å². The van der Waals surface area contributed by atoms with Gasteiger partial charge in [-0.2, -0.15) is 0 Å². The molecule has 2 aromatic heterocycles. The number of rotatable bonds is 4. The van der Waals surface area contributed by atoms with Gasteiger partial charge in [0.1, 0.15) is 17.1 Å². The number of nitrogens with zero attached hydrogens (tertiary/aromatic N) is 4. The van der Waals surface area contributed by atoms with Crippen molar-refractivity contribution in [2.75, 3.05) is 37.7 Å². The average molecular weight is 358 g/mol. The number of anilines is 1. The molecule has 2 aromatic rings. The quantitative estimate of drug-likeness (QED) is 0.770. The molecule has 26 heavy (non-hydrogen) atoms. The van der Waals surface area contributed by atoms with Crippen LogP contribution >= 0.6 is 0 Å². The second-order valence-electron chi connectivity index (χ2n) is 6.10.